The predicted octanol–water partition coefficient (Wildman–Crippen LogP) is 6.38. The van der Waals surface area contributed by atoms with E-state index in [4.69, 9.17) is 21.1 Å². The number of nitrogens with zero attached hydrogens (tertiary/aromatic N) is 3. The molecule has 146 valence electrons. The topological polar surface area (TPSA) is 55.4 Å². The van der Waals surface area contributed by atoms with Crippen molar-refractivity contribution in [3.63, 3.8) is 0 Å². The molecular weight excluding hydrogens is 396 g/mol. The van der Waals surface area contributed by atoms with Crippen LogP contribution in [0.4, 0.5) is 5.69 Å². The van der Waals surface area contributed by atoms with Crippen molar-refractivity contribution in [3.8, 4) is 17.1 Å². The van der Waals surface area contributed by atoms with Crippen LogP contribution in [0.5, 0.6) is 0 Å². The van der Waals surface area contributed by atoms with Crippen LogP contribution in [0, 0.1) is 0 Å². The third kappa shape index (κ3) is 3.71. The van der Waals surface area contributed by atoms with Crippen molar-refractivity contribution < 1.29 is 4.42 Å². The number of halogens is 1. The van der Waals surface area contributed by atoms with Gasteiger partial charge in [-0.25, -0.2) is 4.68 Å². The van der Waals surface area contributed by atoms with E-state index in [1.54, 1.807) is 6.21 Å². The lowest BCUT2D eigenvalue weighted by Crippen LogP contribution is -1.93. The van der Waals surface area contributed by atoms with Gasteiger partial charge in [0.25, 0.3) is 0 Å². The minimum atomic E-state index is 0.648. The second-order valence-corrected chi connectivity index (χ2v) is 7.18. The van der Waals surface area contributed by atoms with Crippen LogP contribution in [0.3, 0.4) is 0 Å². The summed E-state index contributed by atoms with van der Waals surface area (Å²) in [7, 11) is 0. The first-order valence-corrected chi connectivity index (χ1v) is 9.83. The van der Waals surface area contributed by atoms with Crippen LogP contribution < -0.4 is 5.43 Å². The Balaban J connectivity index is 1.54. The van der Waals surface area contributed by atoms with Gasteiger partial charge < -0.3 is 4.42 Å². The molecule has 0 aliphatic rings. The summed E-state index contributed by atoms with van der Waals surface area (Å²) in [6.07, 6.45) is 3.66. The summed E-state index contributed by atoms with van der Waals surface area (Å²) in [6.45, 7) is 0. The molecule has 30 heavy (non-hydrogen) atoms. The molecule has 2 aromatic heterocycles. The minimum Gasteiger partial charge on any atom is -0.454 e. The standard InChI is InChI=1S/C24H17ClN4O/c25-19-8-6-9-20(14-19)27-26-15-18-16-29(21-10-2-1-3-11-21)28-24(18)23-13-17-7-4-5-12-22(17)30-23/h1-16,27H. The van der Waals surface area contributed by atoms with E-state index in [9.17, 15) is 0 Å². The smallest absolute Gasteiger partial charge is 0.156 e. The number of hydrazone groups is 1. The summed E-state index contributed by atoms with van der Waals surface area (Å²) in [6, 6.07) is 27.2. The molecule has 0 saturated carbocycles. The summed E-state index contributed by atoms with van der Waals surface area (Å²) in [5.74, 6) is 0.690. The van der Waals surface area contributed by atoms with E-state index in [2.05, 4.69) is 10.5 Å². The lowest BCUT2D eigenvalue weighted by Gasteiger charge is -1.99. The second kappa shape index (κ2) is 7.89. The van der Waals surface area contributed by atoms with Crippen molar-refractivity contribution >= 4 is 34.5 Å². The van der Waals surface area contributed by atoms with Gasteiger partial charge in [0.15, 0.2) is 5.76 Å². The first-order valence-electron chi connectivity index (χ1n) is 9.45. The Kier molecular flexibility index (Phi) is 4.79. The molecular formula is C24H17ClN4O. The molecule has 0 spiro atoms. The number of nitrogens with one attached hydrogen (secondary N) is 1. The zero-order chi connectivity index (χ0) is 20.3. The van der Waals surface area contributed by atoms with Crippen LogP contribution in [0.2, 0.25) is 5.02 Å². The minimum absolute atomic E-state index is 0.648. The summed E-state index contributed by atoms with van der Waals surface area (Å²) < 4.78 is 7.87. The molecule has 0 fully saturated rings. The average molecular weight is 413 g/mol. The summed E-state index contributed by atoms with van der Waals surface area (Å²) in [5, 5.41) is 10.8. The number of para-hydroxylation sites is 2. The van der Waals surface area contributed by atoms with Gasteiger partial charge in [0.1, 0.15) is 11.3 Å². The van der Waals surface area contributed by atoms with E-state index >= 15 is 0 Å². The van der Waals surface area contributed by atoms with Gasteiger partial charge >= 0.3 is 0 Å². The molecule has 0 saturated heterocycles. The first-order chi connectivity index (χ1) is 14.8. The van der Waals surface area contributed by atoms with Crippen molar-refractivity contribution in [1.82, 2.24) is 9.78 Å². The number of hydrogen-bond acceptors (Lipinski definition) is 4. The lowest BCUT2D eigenvalue weighted by atomic mass is 10.2. The Hall–Kier alpha value is -3.83. The van der Waals surface area contributed by atoms with Crippen LogP contribution in [-0.4, -0.2) is 16.0 Å². The van der Waals surface area contributed by atoms with Crippen LogP contribution in [0.1, 0.15) is 5.56 Å². The van der Waals surface area contributed by atoms with E-state index in [-0.39, 0.29) is 0 Å². The zero-order valence-electron chi connectivity index (χ0n) is 15.9. The summed E-state index contributed by atoms with van der Waals surface area (Å²) >= 11 is 6.04. The molecule has 0 unspecified atom stereocenters. The number of anilines is 1. The zero-order valence-corrected chi connectivity index (χ0v) is 16.6. The molecule has 0 aliphatic heterocycles. The number of benzene rings is 3. The second-order valence-electron chi connectivity index (χ2n) is 6.74. The maximum Gasteiger partial charge on any atom is 0.156 e. The fourth-order valence-corrected chi connectivity index (χ4v) is 3.41. The Morgan fingerprint density at radius 3 is 2.60 bits per heavy atom. The van der Waals surface area contributed by atoms with Crippen molar-refractivity contribution in [2.75, 3.05) is 5.43 Å². The van der Waals surface area contributed by atoms with Crippen LogP contribution in [-0.2, 0) is 0 Å². The van der Waals surface area contributed by atoms with Crippen molar-refractivity contribution in [1.29, 1.82) is 0 Å². The van der Waals surface area contributed by atoms with Gasteiger partial charge in [-0.3, -0.25) is 5.43 Å². The number of aromatic nitrogens is 2. The molecule has 5 rings (SSSR count). The molecule has 0 atom stereocenters. The van der Waals surface area contributed by atoms with Crippen molar-refractivity contribution in [2.24, 2.45) is 5.10 Å². The molecule has 5 nitrogen and oxygen atoms in total. The predicted molar refractivity (Wildman–Crippen MR) is 121 cm³/mol. The van der Waals surface area contributed by atoms with Crippen molar-refractivity contribution in [2.45, 2.75) is 0 Å². The Morgan fingerprint density at radius 2 is 1.77 bits per heavy atom. The largest absolute Gasteiger partial charge is 0.454 e. The quantitative estimate of drug-likeness (QED) is 0.269. The van der Waals surface area contributed by atoms with Gasteiger partial charge in [0.05, 0.1) is 17.6 Å². The lowest BCUT2D eigenvalue weighted by molar-refractivity contribution is 0.627. The maximum absolute atomic E-state index is 6.05. The average Bonchev–Trinajstić information content (AvgIpc) is 3.38. The maximum atomic E-state index is 6.05. The Labute approximate surface area is 178 Å². The molecule has 0 aliphatic carbocycles. The van der Waals surface area contributed by atoms with E-state index in [0.29, 0.717) is 16.5 Å². The highest BCUT2D eigenvalue weighted by atomic mass is 35.5. The van der Waals surface area contributed by atoms with Crippen molar-refractivity contribution in [3.05, 3.63) is 102 Å². The first kappa shape index (κ1) is 18.2. The number of rotatable bonds is 5. The third-order valence-corrected chi connectivity index (χ3v) is 4.88. The highest BCUT2D eigenvalue weighted by Gasteiger charge is 2.15. The molecule has 6 heteroatoms. The number of fused-ring (bicyclic) bond motifs is 1. The van der Waals surface area contributed by atoms with E-state index < -0.39 is 0 Å². The van der Waals surface area contributed by atoms with Gasteiger partial charge in [-0.2, -0.15) is 10.2 Å². The fraction of sp³-hybridized carbons (Fsp3) is 0. The SMILES string of the molecule is Clc1cccc(NN=Cc2cn(-c3ccccc3)nc2-c2cc3ccccc3o2)c1. The number of hydrogen-bond donors (Lipinski definition) is 1. The highest BCUT2D eigenvalue weighted by molar-refractivity contribution is 6.30. The molecule has 0 amide bonds. The molecule has 5 aromatic rings. The van der Waals surface area contributed by atoms with Gasteiger partial charge in [0.2, 0.25) is 0 Å². The molecule has 3 aromatic carbocycles. The molecule has 0 radical (unpaired) electrons. The fourth-order valence-electron chi connectivity index (χ4n) is 3.22. The Morgan fingerprint density at radius 1 is 0.933 bits per heavy atom. The van der Waals surface area contributed by atoms with Gasteiger partial charge in [-0.1, -0.05) is 54.1 Å². The van der Waals surface area contributed by atoms with E-state index in [1.165, 1.54) is 0 Å². The van der Waals surface area contributed by atoms with Gasteiger partial charge in [-0.15, -0.1) is 0 Å². The van der Waals surface area contributed by atoms with Gasteiger partial charge in [0, 0.05) is 22.2 Å². The third-order valence-electron chi connectivity index (χ3n) is 4.64. The molecule has 1 N–H and O–H groups in total. The molecule has 2 heterocycles. The van der Waals surface area contributed by atoms with Gasteiger partial charge in [-0.05, 0) is 42.5 Å². The normalized spacial score (nSPS) is 11.4. The van der Waals surface area contributed by atoms with Crippen LogP contribution in [0.25, 0.3) is 28.1 Å². The van der Waals surface area contributed by atoms with E-state index in [1.807, 2.05) is 95.8 Å². The molecule has 0 bridgehead atoms. The summed E-state index contributed by atoms with van der Waals surface area (Å²) in [5.41, 5.74) is 7.13. The van der Waals surface area contributed by atoms with Crippen LogP contribution in [0.15, 0.2) is 101 Å². The van der Waals surface area contributed by atoms with E-state index in [0.717, 1.165) is 27.9 Å². The highest BCUT2D eigenvalue weighted by Crippen LogP contribution is 2.29. The summed E-state index contributed by atoms with van der Waals surface area (Å²) in [4.78, 5) is 0. The Bertz CT molecular complexity index is 1300. The number of furan rings is 1. The van der Waals surface area contributed by atoms with Crippen LogP contribution >= 0.6 is 11.6 Å². The monoisotopic (exact) mass is 412 g/mol.